The fourth-order valence-corrected chi connectivity index (χ4v) is 6.18. The number of halogens is 1. The third kappa shape index (κ3) is 5.72. The Labute approximate surface area is 229 Å². The van der Waals surface area contributed by atoms with Gasteiger partial charge in [-0.2, -0.15) is 5.10 Å². The maximum atomic E-state index is 13.2. The number of nitrogens with zero attached hydrogens (tertiary/aromatic N) is 3. The van der Waals surface area contributed by atoms with E-state index in [-0.39, 0.29) is 19.9 Å². The van der Waals surface area contributed by atoms with Crippen molar-refractivity contribution in [1.29, 1.82) is 0 Å². The van der Waals surface area contributed by atoms with Crippen LogP contribution in [0.5, 0.6) is 0 Å². The molecule has 0 bridgehead atoms. The number of H-pyrrole nitrogens is 1. The number of sulfonamides is 1. The summed E-state index contributed by atoms with van der Waals surface area (Å²) in [7, 11) is -2.26. The number of thiophene rings is 1. The van der Waals surface area contributed by atoms with E-state index in [0.717, 1.165) is 27.2 Å². The molecular weight excluding hydrogens is 566 g/mol. The number of benzene rings is 2. The van der Waals surface area contributed by atoms with Crippen LogP contribution >= 0.6 is 22.9 Å². The van der Waals surface area contributed by atoms with Crippen LogP contribution < -0.4 is 26.6 Å². The van der Waals surface area contributed by atoms with Crippen molar-refractivity contribution in [3.63, 3.8) is 0 Å². The summed E-state index contributed by atoms with van der Waals surface area (Å²) in [6, 6.07) is 12.5. The fraction of sp³-hybridized carbons (Fsp3) is 0.0833. The lowest BCUT2D eigenvalue weighted by atomic mass is 10.2. The van der Waals surface area contributed by atoms with Gasteiger partial charge in [-0.15, -0.1) is 11.3 Å². The molecule has 0 spiro atoms. The van der Waals surface area contributed by atoms with Gasteiger partial charge in [-0.05, 0) is 54.6 Å². The van der Waals surface area contributed by atoms with Crippen LogP contribution in [-0.4, -0.2) is 33.8 Å². The minimum absolute atomic E-state index is 0.107. The van der Waals surface area contributed by atoms with E-state index in [1.807, 2.05) is 18.0 Å². The molecule has 3 aromatic heterocycles. The van der Waals surface area contributed by atoms with Crippen molar-refractivity contribution in [2.75, 3.05) is 10.6 Å². The molecule has 12 nitrogen and oxygen atoms in total. The Balaban J connectivity index is 1.32. The van der Waals surface area contributed by atoms with Crippen LogP contribution in [0, 0.1) is 0 Å². The van der Waals surface area contributed by atoms with Crippen molar-refractivity contribution < 1.29 is 13.2 Å². The van der Waals surface area contributed by atoms with Gasteiger partial charge in [-0.3, -0.25) is 9.48 Å². The Morgan fingerprint density at radius 1 is 1.08 bits per heavy atom. The van der Waals surface area contributed by atoms with E-state index in [4.69, 9.17) is 11.6 Å². The van der Waals surface area contributed by atoms with Crippen LogP contribution in [0.15, 0.2) is 80.8 Å². The Bertz CT molecular complexity index is 1920. The molecule has 2 aromatic carbocycles. The third-order valence-corrected chi connectivity index (χ3v) is 8.63. The zero-order chi connectivity index (χ0) is 27.7. The van der Waals surface area contributed by atoms with E-state index in [1.54, 1.807) is 29.1 Å². The van der Waals surface area contributed by atoms with Gasteiger partial charge in [0.15, 0.2) is 0 Å². The highest BCUT2D eigenvalue weighted by molar-refractivity contribution is 7.92. The lowest BCUT2D eigenvalue weighted by molar-refractivity contribution is 0.256. The highest BCUT2D eigenvalue weighted by Gasteiger charge is 2.20. The standard InChI is InChI=1S/C24H20ClN7O5S2/c1-31-13-14(12-27-31)11-26-16-4-7-18-19(10-16)29-24(35)32(22(18)33)17-5-2-15(3-6-17)28-23(34)30-39(36,37)21-9-8-20(25)38-21/h2-10,12-13,26H,11H2,1H3,(H,29,35)(H2,28,30,34). The number of urea groups is 1. The molecule has 0 aliphatic rings. The first-order chi connectivity index (χ1) is 18.6. The van der Waals surface area contributed by atoms with Crippen LogP contribution in [0.4, 0.5) is 16.2 Å². The van der Waals surface area contributed by atoms with Gasteiger partial charge in [0, 0.05) is 36.7 Å². The second-order valence-corrected chi connectivity index (χ2v) is 12.0. The first-order valence-electron chi connectivity index (χ1n) is 11.3. The number of amides is 2. The molecular formula is C24H20ClN7O5S2. The summed E-state index contributed by atoms with van der Waals surface area (Å²) in [5, 5.41) is 10.1. The Morgan fingerprint density at radius 3 is 2.49 bits per heavy atom. The number of anilines is 2. The Morgan fingerprint density at radius 2 is 1.82 bits per heavy atom. The van der Waals surface area contributed by atoms with E-state index in [1.165, 1.54) is 36.4 Å². The van der Waals surface area contributed by atoms with E-state index in [2.05, 4.69) is 20.7 Å². The zero-order valence-corrected chi connectivity index (χ0v) is 22.5. The smallest absolute Gasteiger partial charge is 0.333 e. The van der Waals surface area contributed by atoms with Crippen LogP contribution in [-0.2, 0) is 23.6 Å². The molecule has 0 fully saturated rings. The van der Waals surface area contributed by atoms with Gasteiger partial charge >= 0.3 is 11.7 Å². The van der Waals surface area contributed by atoms with Gasteiger partial charge in [0.1, 0.15) is 4.21 Å². The van der Waals surface area contributed by atoms with Gasteiger partial charge in [0.25, 0.3) is 15.6 Å². The number of carbonyl (C=O) groups excluding carboxylic acids is 1. The molecule has 0 aliphatic heterocycles. The molecule has 2 amide bonds. The number of nitrogens with one attached hydrogen (secondary N) is 4. The second kappa shape index (κ2) is 10.4. The predicted molar refractivity (Wildman–Crippen MR) is 149 cm³/mol. The molecule has 0 atom stereocenters. The van der Waals surface area contributed by atoms with Gasteiger partial charge in [-0.25, -0.2) is 27.3 Å². The van der Waals surface area contributed by atoms with Gasteiger partial charge in [0.2, 0.25) is 0 Å². The monoisotopic (exact) mass is 585 g/mol. The van der Waals surface area contributed by atoms with Crippen molar-refractivity contribution in [1.82, 2.24) is 24.1 Å². The predicted octanol–water partition coefficient (Wildman–Crippen LogP) is 3.25. The molecule has 0 saturated carbocycles. The first-order valence-corrected chi connectivity index (χ1v) is 14.0. The third-order valence-electron chi connectivity index (χ3n) is 5.58. The minimum atomic E-state index is -4.09. The van der Waals surface area contributed by atoms with Gasteiger partial charge < -0.3 is 15.6 Å². The van der Waals surface area contributed by atoms with Crippen LogP contribution in [0.3, 0.4) is 0 Å². The molecule has 15 heteroatoms. The van der Waals surface area contributed by atoms with Gasteiger partial charge in [0.05, 0.1) is 27.1 Å². The summed E-state index contributed by atoms with van der Waals surface area (Å²) < 4.78 is 29.3. The number of fused-ring (bicyclic) bond motifs is 1. The lowest BCUT2D eigenvalue weighted by Gasteiger charge is -2.10. The molecule has 39 heavy (non-hydrogen) atoms. The average Bonchev–Trinajstić information content (AvgIpc) is 3.51. The summed E-state index contributed by atoms with van der Waals surface area (Å²) in [6.07, 6.45) is 3.62. The highest BCUT2D eigenvalue weighted by Crippen LogP contribution is 2.25. The Kier molecular flexibility index (Phi) is 6.99. The fourth-order valence-electron chi connectivity index (χ4n) is 3.79. The number of aromatic amines is 1. The largest absolute Gasteiger partial charge is 0.381 e. The molecule has 0 radical (unpaired) electrons. The number of rotatable bonds is 7. The maximum Gasteiger partial charge on any atom is 0.333 e. The molecule has 0 unspecified atom stereocenters. The van der Waals surface area contributed by atoms with Crippen molar-refractivity contribution in [2.24, 2.45) is 7.05 Å². The highest BCUT2D eigenvalue weighted by atomic mass is 35.5. The summed E-state index contributed by atoms with van der Waals surface area (Å²) in [5.74, 6) is 0. The van der Waals surface area contributed by atoms with E-state index in [0.29, 0.717) is 17.4 Å². The lowest BCUT2D eigenvalue weighted by Crippen LogP contribution is -2.34. The average molecular weight is 586 g/mol. The zero-order valence-electron chi connectivity index (χ0n) is 20.1. The Hall–Kier alpha value is -4.40. The van der Waals surface area contributed by atoms with Gasteiger partial charge in [-0.1, -0.05) is 11.6 Å². The number of hydrogen-bond acceptors (Lipinski definition) is 8. The van der Waals surface area contributed by atoms with Crippen molar-refractivity contribution in [2.45, 2.75) is 10.8 Å². The molecule has 4 N–H and O–H groups in total. The molecule has 3 heterocycles. The number of aryl methyl sites for hydroxylation is 1. The van der Waals surface area contributed by atoms with Crippen LogP contribution in [0.1, 0.15) is 5.56 Å². The van der Waals surface area contributed by atoms with Crippen molar-refractivity contribution >= 4 is 61.3 Å². The molecule has 0 aliphatic carbocycles. The molecule has 5 aromatic rings. The van der Waals surface area contributed by atoms with E-state index in [9.17, 15) is 22.8 Å². The SMILES string of the molecule is Cn1cc(CNc2ccc3c(=O)n(-c4ccc(NC(=O)NS(=O)(=O)c5ccc(Cl)s5)cc4)c(=O)[nH]c3c2)cn1. The summed E-state index contributed by atoms with van der Waals surface area (Å²) >= 11 is 6.58. The second-order valence-electron chi connectivity index (χ2n) is 8.37. The van der Waals surface area contributed by atoms with Crippen LogP contribution in [0.25, 0.3) is 16.6 Å². The minimum Gasteiger partial charge on any atom is -0.381 e. The normalized spacial score (nSPS) is 11.4. The topological polar surface area (TPSA) is 160 Å². The van der Waals surface area contributed by atoms with E-state index < -0.39 is 27.3 Å². The van der Waals surface area contributed by atoms with Crippen molar-refractivity contribution in [3.05, 3.63) is 97.7 Å². The quantitative estimate of drug-likeness (QED) is 0.228. The van der Waals surface area contributed by atoms with Crippen molar-refractivity contribution in [3.8, 4) is 5.69 Å². The molecule has 5 rings (SSSR count). The maximum absolute atomic E-state index is 13.2. The summed E-state index contributed by atoms with van der Waals surface area (Å²) in [5.41, 5.74) is 1.41. The number of carbonyl (C=O) groups is 1. The van der Waals surface area contributed by atoms with Crippen LogP contribution in [0.2, 0.25) is 4.34 Å². The molecule has 200 valence electrons. The summed E-state index contributed by atoms with van der Waals surface area (Å²) in [4.78, 5) is 40.9. The summed E-state index contributed by atoms with van der Waals surface area (Å²) in [6.45, 7) is 0.521. The number of aromatic nitrogens is 4. The first kappa shape index (κ1) is 26.2. The van der Waals surface area contributed by atoms with E-state index >= 15 is 0 Å². The number of hydrogen-bond donors (Lipinski definition) is 4. The molecule has 0 saturated heterocycles.